The van der Waals surface area contributed by atoms with Crippen molar-refractivity contribution in [1.82, 2.24) is 0 Å². The van der Waals surface area contributed by atoms with Gasteiger partial charge in [0.15, 0.2) is 0 Å². The minimum Gasteiger partial charge on any atom is -1.00 e. The first-order chi connectivity index (χ1) is 19.8. The molecular weight excluding hydrogens is 655 g/mol. The first-order valence-electron chi connectivity index (χ1n) is 15.7. The predicted octanol–water partition coefficient (Wildman–Crippen LogP) is 4.63. The van der Waals surface area contributed by atoms with Crippen LogP contribution in [0.4, 0.5) is 0 Å². The maximum absolute atomic E-state index is 2.75. The van der Waals surface area contributed by atoms with Crippen molar-refractivity contribution in [3.8, 4) is 11.1 Å². The molecule has 0 saturated carbocycles. The average Bonchev–Trinajstić information content (AvgIpc) is 3.54. The Bertz CT molecular complexity index is 1890. The van der Waals surface area contributed by atoms with E-state index in [4.69, 9.17) is 0 Å². The van der Waals surface area contributed by atoms with E-state index in [0.717, 1.165) is 6.42 Å². The summed E-state index contributed by atoms with van der Waals surface area (Å²) in [6.45, 7) is 23.8. The van der Waals surface area contributed by atoms with E-state index in [0.29, 0.717) is 5.92 Å². The van der Waals surface area contributed by atoms with E-state index in [-0.39, 0.29) is 35.6 Å². The van der Waals surface area contributed by atoms with Crippen LogP contribution in [0.15, 0.2) is 78.4 Å². The summed E-state index contributed by atoms with van der Waals surface area (Å²) >= 11 is -2.45. The molecule has 4 aliphatic rings. The average molecular weight is 699 g/mol. The Morgan fingerprint density at radius 3 is 1.89 bits per heavy atom. The van der Waals surface area contributed by atoms with Gasteiger partial charge < -0.3 is 24.8 Å². The molecule has 7 rings (SSSR count). The molecule has 0 N–H and O–H groups in total. The van der Waals surface area contributed by atoms with Gasteiger partial charge in [-0.1, -0.05) is 0 Å². The van der Waals surface area contributed by atoms with Gasteiger partial charge in [-0.2, -0.15) is 0 Å². The largest absolute Gasteiger partial charge is 1.00 e. The number of allylic oxidation sites excluding steroid dienone is 8. The van der Waals surface area contributed by atoms with Crippen LogP contribution in [0.1, 0.15) is 107 Å². The zero-order valence-corrected chi connectivity index (χ0v) is 31.9. The Morgan fingerprint density at radius 1 is 0.705 bits per heavy atom. The van der Waals surface area contributed by atoms with Crippen molar-refractivity contribution >= 4 is 14.9 Å². The van der Waals surface area contributed by atoms with E-state index in [1.54, 1.807) is 23.3 Å². The molecule has 0 heterocycles. The molecule has 3 aromatic carbocycles. The standard InChI is InChI=1S/C25H25.C8H11.C8H8.2ClH.Zr/c1-14-12-24(3,4)22-8-16-7-17-9-23-19(15(2)13-25(23,5)6)11-21(17)20(16)10-18(14)22;1-6-4-7(2)8(3)5-6;1-7-3-5-8(2)6-4-7;;;/h8-12H,7H2,1-6H3;4,6H,1-3H3;1,3-6H,2H3;2*1H;/q;;;;;+2/p-2. The van der Waals surface area contributed by atoms with Crippen molar-refractivity contribution in [2.45, 2.75) is 86.5 Å². The molecule has 0 aliphatic heterocycles. The molecule has 4 aliphatic carbocycles. The number of fused-ring (bicyclic) bond motifs is 5. The Kier molecular flexibility index (Phi) is 8.58. The first-order valence-corrected chi connectivity index (χ1v) is 19.6. The van der Waals surface area contributed by atoms with Crippen LogP contribution in [0.25, 0.3) is 22.3 Å². The number of benzene rings is 3. The van der Waals surface area contributed by atoms with Gasteiger partial charge in [-0.15, -0.1) is 0 Å². The predicted molar refractivity (Wildman–Crippen MR) is 179 cm³/mol. The third-order valence-corrected chi connectivity index (χ3v) is 19.6. The number of halogens is 2. The SMILES string of the molecule is CC1=CC(C)[C]([Zr+2](=[CH]c2ccc(C)cc2)[C]2=C(C)c3cc4c(cc3C2(C)C)Cc2cc3c(cc2-4)C(C)=CC3(C)C)=C1C.[Cl-].[Cl-]. The third kappa shape index (κ3) is 4.92. The van der Waals surface area contributed by atoms with Crippen LogP contribution in [0.3, 0.4) is 0 Å². The first kappa shape index (κ1) is 33.3. The van der Waals surface area contributed by atoms with Crippen molar-refractivity contribution in [2.75, 3.05) is 0 Å². The van der Waals surface area contributed by atoms with E-state index < -0.39 is 21.3 Å². The summed E-state index contributed by atoms with van der Waals surface area (Å²) in [4.78, 5) is 0. The molecule has 0 spiro atoms. The molecule has 0 amide bonds. The molecule has 0 fully saturated rings. The minimum absolute atomic E-state index is 0. The Labute approximate surface area is 285 Å². The van der Waals surface area contributed by atoms with Crippen LogP contribution in [0.5, 0.6) is 0 Å². The molecule has 0 bridgehead atoms. The molecule has 3 aromatic rings. The molecule has 1 unspecified atom stereocenters. The number of hydrogen-bond donors (Lipinski definition) is 0. The molecule has 1 atom stereocenters. The normalized spacial score (nSPS) is 20.0. The summed E-state index contributed by atoms with van der Waals surface area (Å²) in [5.74, 6) is 0.528. The second-order valence-corrected chi connectivity index (χ2v) is 19.9. The van der Waals surface area contributed by atoms with Gasteiger partial charge in [-0.3, -0.25) is 0 Å². The fourth-order valence-corrected chi connectivity index (χ4v) is 17.5. The molecule has 0 radical (unpaired) electrons. The van der Waals surface area contributed by atoms with Crippen molar-refractivity contribution in [2.24, 2.45) is 5.92 Å². The monoisotopic (exact) mass is 696 g/mol. The van der Waals surface area contributed by atoms with E-state index in [2.05, 4.69) is 134 Å². The van der Waals surface area contributed by atoms with Crippen LogP contribution < -0.4 is 24.8 Å². The second kappa shape index (κ2) is 11.3. The summed E-state index contributed by atoms with van der Waals surface area (Å²) in [5, 5.41) is 0. The summed E-state index contributed by atoms with van der Waals surface area (Å²) < 4.78 is 6.28. The van der Waals surface area contributed by atoms with Gasteiger partial charge in [0.05, 0.1) is 0 Å². The topological polar surface area (TPSA) is 0 Å². The maximum atomic E-state index is 2.75. The van der Waals surface area contributed by atoms with Crippen molar-refractivity contribution in [3.63, 3.8) is 0 Å². The van der Waals surface area contributed by atoms with Crippen LogP contribution in [-0.4, -0.2) is 3.71 Å². The zero-order valence-electron chi connectivity index (χ0n) is 27.9. The molecule has 0 aromatic heterocycles. The van der Waals surface area contributed by atoms with E-state index >= 15 is 0 Å². The van der Waals surface area contributed by atoms with Gasteiger partial charge in [0.1, 0.15) is 0 Å². The van der Waals surface area contributed by atoms with E-state index in [9.17, 15) is 0 Å². The summed E-state index contributed by atoms with van der Waals surface area (Å²) in [6, 6.07) is 19.5. The molecule has 3 heteroatoms. The fourth-order valence-electron chi connectivity index (χ4n) is 8.65. The van der Waals surface area contributed by atoms with Gasteiger partial charge in [0, 0.05) is 0 Å². The Balaban J connectivity index is 0.00000192. The van der Waals surface area contributed by atoms with Gasteiger partial charge in [0.25, 0.3) is 0 Å². The van der Waals surface area contributed by atoms with Crippen molar-refractivity contribution < 1.29 is 46.1 Å². The zero-order chi connectivity index (χ0) is 29.9. The summed E-state index contributed by atoms with van der Waals surface area (Å²) in [5.41, 5.74) is 20.9. The second-order valence-electron chi connectivity index (χ2n) is 14.6. The summed E-state index contributed by atoms with van der Waals surface area (Å²) in [6.07, 6.45) is 6.02. The third-order valence-electron chi connectivity index (χ3n) is 10.8. The number of aryl methyl sites for hydroxylation is 1. The van der Waals surface area contributed by atoms with Crippen LogP contribution in [-0.2, 0) is 38.5 Å². The molecule has 226 valence electrons. The van der Waals surface area contributed by atoms with Crippen LogP contribution in [0, 0.1) is 12.8 Å². The van der Waals surface area contributed by atoms with Gasteiger partial charge >= 0.3 is 263 Å². The quantitative estimate of drug-likeness (QED) is 0.293. The number of hydrogen-bond acceptors (Lipinski definition) is 0. The molecular formula is C41H44Cl2Zr. The van der Waals surface area contributed by atoms with E-state index in [1.807, 2.05) is 0 Å². The van der Waals surface area contributed by atoms with Crippen LogP contribution >= 0.6 is 0 Å². The van der Waals surface area contributed by atoms with Crippen LogP contribution in [0.2, 0.25) is 0 Å². The Morgan fingerprint density at radius 2 is 1.30 bits per heavy atom. The molecule has 0 nitrogen and oxygen atoms in total. The smallest absolute Gasteiger partial charge is 1.00 e. The molecule has 44 heavy (non-hydrogen) atoms. The van der Waals surface area contributed by atoms with Gasteiger partial charge in [0.2, 0.25) is 0 Å². The van der Waals surface area contributed by atoms with E-state index in [1.165, 1.54) is 61.2 Å². The van der Waals surface area contributed by atoms with Crippen molar-refractivity contribution in [1.29, 1.82) is 0 Å². The Hall–Kier alpha value is -2.05. The van der Waals surface area contributed by atoms with Gasteiger partial charge in [-0.25, -0.2) is 0 Å². The van der Waals surface area contributed by atoms with Crippen molar-refractivity contribution in [3.05, 3.63) is 123 Å². The molecule has 0 saturated heterocycles. The summed E-state index contributed by atoms with van der Waals surface area (Å²) in [7, 11) is 0. The van der Waals surface area contributed by atoms with Gasteiger partial charge in [-0.05, 0) is 0 Å². The fraction of sp³-hybridized carbons (Fsp3) is 0.341. The maximum Gasteiger partial charge on any atom is -1.00 e. The minimum atomic E-state index is -2.45. The number of rotatable bonds is 3.